The van der Waals surface area contributed by atoms with E-state index in [1.54, 1.807) is 11.3 Å². The number of fused-ring (bicyclic) bond motifs is 5. The van der Waals surface area contributed by atoms with E-state index >= 15 is 0 Å². The first-order chi connectivity index (χ1) is 21.0. The SMILES string of the molecule is C[C@H](Oc1nc(-c2onc3c2CCC[C@@]32CCCc3sc(N)c(C#N)c32)nc2c1cnn2[C@@H]1CCOC1)[C@@H]1CCCN1C. The van der Waals surface area contributed by atoms with E-state index in [1.807, 2.05) is 10.9 Å². The maximum atomic E-state index is 10.1. The number of nitrogen functional groups attached to an aromatic ring is 1. The number of ether oxygens (including phenoxy) is 2. The van der Waals surface area contributed by atoms with Gasteiger partial charge in [-0.2, -0.15) is 15.3 Å². The third-order valence-corrected chi connectivity index (χ3v) is 11.2. The molecule has 0 amide bonds. The van der Waals surface area contributed by atoms with Crippen molar-refractivity contribution in [2.24, 2.45) is 0 Å². The summed E-state index contributed by atoms with van der Waals surface area (Å²) >= 11 is 1.55. The van der Waals surface area contributed by atoms with Crippen LogP contribution in [-0.4, -0.2) is 68.8 Å². The number of nitrogens with two attached hydrogens (primary N) is 1. The molecular weight excluding hydrogens is 564 g/mol. The molecule has 0 saturated carbocycles. The maximum absolute atomic E-state index is 10.1. The normalized spacial score (nSPS) is 26.1. The zero-order valence-corrected chi connectivity index (χ0v) is 25.5. The predicted molar refractivity (Wildman–Crippen MR) is 161 cm³/mol. The second kappa shape index (κ2) is 10.3. The van der Waals surface area contributed by atoms with E-state index in [2.05, 4.69) is 24.9 Å². The topological polar surface area (TPSA) is 141 Å². The van der Waals surface area contributed by atoms with Gasteiger partial charge >= 0.3 is 0 Å². The van der Waals surface area contributed by atoms with Crippen LogP contribution in [0.3, 0.4) is 0 Å². The molecule has 0 unspecified atom stereocenters. The third kappa shape index (κ3) is 4.12. The van der Waals surface area contributed by atoms with E-state index < -0.39 is 0 Å². The van der Waals surface area contributed by atoms with Crippen molar-refractivity contribution in [3.63, 3.8) is 0 Å². The Balaban J connectivity index is 1.26. The Hall–Kier alpha value is -3.53. The Labute approximate surface area is 254 Å². The highest BCUT2D eigenvalue weighted by Gasteiger charge is 2.48. The van der Waals surface area contributed by atoms with Crippen LogP contribution in [-0.2, 0) is 23.0 Å². The second-order valence-corrected chi connectivity index (χ2v) is 13.7. The summed E-state index contributed by atoms with van der Waals surface area (Å²) in [7, 11) is 2.16. The Bertz CT molecular complexity index is 1740. The summed E-state index contributed by atoms with van der Waals surface area (Å²) in [6.45, 7) is 4.49. The Morgan fingerprint density at radius 2 is 2.07 bits per heavy atom. The first kappa shape index (κ1) is 27.0. The van der Waals surface area contributed by atoms with Gasteiger partial charge in [-0.05, 0) is 83.9 Å². The van der Waals surface area contributed by atoms with Crippen molar-refractivity contribution < 1.29 is 14.0 Å². The number of likely N-dealkylation sites (tertiary alicyclic amines) is 1. The number of aromatic nitrogens is 5. The van der Waals surface area contributed by atoms with Gasteiger partial charge in [-0.3, -0.25) is 4.90 Å². The molecule has 4 aromatic rings. The number of nitrogens with zero attached hydrogens (tertiary/aromatic N) is 7. The van der Waals surface area contributed by atoms with Gasteiger partial charge < -0.3 is 19.7 Å². The molecule has 224 valence electrons. The van der Waals surface area contributed by atoms with E-state index in [0.717, 1.165) is 92.2 Å². The number of nitriles is 1. The molecule has 2 N–H and O–H groups in total. The van der Waals surface area contributed by atoms with Gasteiger partial charge in [0.1, 0.15) is 22.6 Å². The molecule has 4 atom stereocenters. The minimum absolute atomic E-state index is 0.0577. The van der Waals surface area contributed by atoms with Crippen molar-refractivity contribution in [3.8, 4) is 23.5 Å². The van der Waals surface area contributed by atoms with Crippen LogP contribution in [0.2, 0.25) is 0 Å². The molecule has 2 saturated heterocycles. The molecule has 1 spiro atoms. The minimum atomic E-state index is -0.379. The van der Waals surface area contributed by atoms with Gasteiger partial charge in [-0.25, -0.2) is 9.67 Å². The highest BCUT2D eigenvalue weighted by Crippen LogP contribution is 2.54. The van der Waals surface area contributed by atoms with Gasteiger partial charge in [-0.1, -0.05) is 5.16 Å². The average molecular weight is 601 g/mol. The summed E-state index contributed by atoms with van der Waals surface area (Å²) in [4.78, 5) is 13.6. The summed E-state index contributed by atoms with van der Waals surface area (Å²) in [5, 5.41) is 20.9. The highest BCUT2D eigenvalue weighted by molar-refractivity contribution is 7.16. The van der Waals surface area contributed by atoms with Crippen molar-refractivity contribution >= 4 is 27.4 Å². The lowest BCUT2D eigenvalue weighted by molar-refractivity contribution is 0.118. The first-order valence-electron chi connectivity index (χ1n) is 15.5. The molecule has 0 radical (unpaired) electrons. The number of aryl methyl sites for hydroxylation is 1. The summed E-state index contributed by atoms with van der Waals surface area (Å²) in [6.07, 6.45) is 10.5. The fraction of sp³-hybridized carbons (Fsp3) is 0.581. The minimum Gasteiger partial charge on any atom is -0.472 e. The number of anilines is 1. The molecule has 12 heteroatoms. The first-order valence-corrected chi connectivity index (χ1v) is 16.3. The molecule has 2 fully saturated rings. The van der Waals surface area contributed by atoms with Gasteiger partial charge in [0.15, 0.2) is 5.65 Å². The second-order valence-electron chi connectivity index (χ2n) is 12.6. The summed E-state index contributed by atoms with van der Waals surface area (Å²) < 4.78 is 20.5. The van der Waals surface area contributed by atoms with Crippen LogP contribution < -0.4 is 10.5 Å². The summed E-state index contributed by atoms with van der Waals surface area (Å²) in [5.74, 6) is 1.56. The molecule has 11 nitrogen and oxygen atoms in total. The van der Waals surface area contributed by atoms with Crippen LogP contribution in [0.5, 0.6) is 5.88 Å². The van der Waals surface area contributed by atoms with Crippen molar-refractivity contribution in [1.29, 1.82) is 5.26 Å². The molecule has 0 bridgehead atoms. The van der Waals surface area contributed by atoms with Gasteiger partial charge in [0.25, 0.3) is 0 Å². The highest BCUT2D eigenvalue weighted by atomic mass is 32.1. The molecule has 2 aliphatic heterocycles. The van der Waals surface area contributed by atoms with E-state index in [0.29, 0.717) is 47.3 Å². The summed E-state index contributed by atoms with van der Waals surface area (Å²) in [5.41, 5.74) is 10.3. The number of hydrogen-bond donors (Lipinski definition) is 1. The molecular formula is C31H36N8O3S. The molecule has 0 aromatic carbocycles. The zero-order valence-electron chi connectivity index (χ0n) is 24.6. The third-order valence-electron chi connectivity index (χ3n) is 10.2. The fourth-order valence-corrected chi connectivity index (χ4v) is 9.25. The molecule has 43 heavy (non-hydrogen) atoms. The quantitative estimate of drug-likeness (QED) is 0.340. The van der Waals surface area contributed by atoms with Crippen LogP contribution in [0.4, 0.5) is 5.00 Å². The molecule has 4 aromatic heterocycles. The lowest BCUT2D eigenvalue weighted by Gasteiger charge is -2.39. The number of rotatable bonds is 5. The van der Waals surface area contributed by atoms with Gasteiger partial charge in [0.05, 0.1) is 30.1 Å². The monoisotopic (exact) mass is 600 g/mol. The number of thiophene rings is 1. The van der Waals surface area contributed by atoms with E-state index in [4.69, 9.17) is 40.0 Å². The molecule has 2 aliphatic carbocycles. The van der Waals surface area contributed by atoms with Crippen molar-refractivity contribution in [2.45, 2.75) is 88.3 Å². The molecule has 8 rings (SSSR count). The molecule has 4 aliphatic rings. The maximum Gasteiger partial charge on any atom is 0.228 e. The fourth-order valence-electron chi connectivity index (χ4n) is 8.09. The van der Waals surface area contributed by atoms with E-state index in [-0.39, 0.29) is 17.6 Å². The lowest BCUT2D eigenvalue weighted by Crippen LogP contribution is -2.38. The number of likely N-dealkylation sites (N-methyl/N-ethyl adjacent to an activating group) is 1. The average Bonchev–Trinajstić information content (AvgIpc) is 3.83. The van der Waals surface area contributed by atoms with Crippen molar-refractivity contribution in [3.05, 3.63) is 33.5 Å². The van der Waals surface area contributed by atoms with Crippen molar-refractivity contribution in [1.82, 2.24) is 29.8 Å². The lowest BCUT2D eigenvalue weighted by atomic mass is 9.62. The Kier molecular flexibility index (Phi) is 6.47. The predicted octanol–water partition coefficient (Wildman–Crippen LogP) is 4.78. The largest absolute Gasteiger partial charge is 0.472 e. The number of hydrogen-bond acceptors (Lipinski definition) is 11. The van der Waals surface area contributed by atoms with E-state index in [1.165, 1.54) is 4.88 Å². The standard InChI is InChI=1S/C31H36N8O3S/c1-17(22-7-5-12-38(22)2)41-30-21-15-34-39(18-9-13-40-16-18)29(21)35-28(36-30)25-19-6-3-10-31(26(19)37-42-25)11-4-8-23-24(31)20(14-32)27(33)43-23/h15,17-18,22H,3-13,16,33H2,1-2H3/t17-,18+,22-,31-/m0/s1. The molecule has 6 heterocycles. The zero-order chi connectivity index (χ0) is 29.3. The van der Waals surface area contributed by atoms with Crippen LogP contribution in [0.25, 0.3) is 22.6 Å². The Morgan fingerprint density at radius 1 is 1.21 bits per heavy atom. The Morgan fingerprint density at radius 3 is 2.84 bits per heavy atom. The van der Waals surface area contributed by atoms with Crippen LogP contribution in [0.15, 0.2) is 10.7 Å². The van der Waals surface area contributed by atoms with Crippen LogP contribution in [0.1, 0.15) is 85.2 Å². The van der Waals surface area contributed by atoms with Gasteiger partial charge in [-0.15, -0.1) is 11.3 Å². The van der Waals surface area contributed by atoms with Crippen LogP contribution in [0, 0.1) is 11.3 Å². The van der Waals surface area contributed by atoms with E-state index in [9.17, 15) is 5.26 Å². The van der Waals surface area contributed by atoms with Gasteiger partial charge in [0, 0.05) is 28.5 Å². The summed E-state index contributed by atoms with van der Waals surface area (Å²) in [6, 6.07) is 2.83. The van der Waals surface area contributed by atoms with Crippen molar-refractivity contribution in [2.75, 3.05) is 32.5 Å². The van der Waals surface area contributed by atoms with Crippen LogP contribution >= 0.6 is 11.3 Å². The van der Waals surface area contributed by atoms with Gasteiger partial charge in [0.2, 0.25) is 17.5 Å². The smallest absolute Gasteiger partial charge is 0.228 e.